The number of allylic oxidation sites excluding steroid dienone is 1. The minimum atomic E-state index is -0.334. The Kier molecular flexibility index (Phi) is 5.98. The number of hydrogen-bond acceptors (Lipinski definition) is 2. The Bertz CT molecular complexity index is 729. The highest BCUT2D eigenvalue weighted by Crippen LogP contribution is 2.19. The first-order valence-electron chi connectivity index (χ1n) is 7.95. The summed E-state index contributed by atoms with van der Waals surface area (Å²) in [5, 5.41) is 11.8. The molecule has 0 bridgehead atoms. The van der Waals surface area contributed by atoms with E-state index >= 15 is 0 Å². The highest BCUT2D eigenvalue weighted by molar-refractivity contribution is 5.85. The fraction of sp³-hybridized carbons (Fsp3) is 0.333. The van der Waals surface area contributed by atoms with Crippen LogP contribution in [0.25, 0.3) is 10.8 Å². The van der Waals surface area contributed by atoms with Gasteiger partial charge in [0.1, 0.15) is 0 Å². The van der Waals surface area contributed by atoms with Crippen LogP contribution in [-0.4, -0.2) is 30.2 Å². The third-order valence-corrected chi connectivity index (χ3v) is 3.74. The van der Waals surface area contributed by atoms with E-state index in [0.29, 0.717) is 0 Å². The topological polar surface area (TPSA) is 23.5 Å². The summed E-state index contributed by atoms with van der Waals surface area (Å²) in [5.74, 6) is 6.06. The first kappa shape index (κ1) is 17.3. The number of aliphatic hydroxyl groups excluding tert-OH is 1. The SMILES string of the molecule is CN(CC=CC#CC(C)(C)CO)Cc1cccc2ccccc12. The fourth-order valence-electron chi connectivity index (χ4n) is 2.35. The van der Waals surface area contributed by atoms with Gasteiger partial charge in [-0.05, 0) is 43.3 Å². The Labute approximate surface area is 139 Å². The summed E-state index contributed by atoms with van der Waals surface area (Å²) in [5.41, 5.74) is 1.01. The summed E-state index contributed by atoms with van der Waals surface area (Å²) < 4.78 is 0. The Balaban J connectivity index is 1.96. The lowest BCUT2D eigenvalue weighted by Crippen LogP contribution is -2.17. The molecule has 2 aromatic rings. The van der Waals surface area contributed by atoms with Crippen molar-refractivity contribution in [1.82, 2.24) is 4.90 Å². The molecule has 2 aromatic carbocycles. The zero-order valence-corrected chi connectivity index (χ0v) is 14.2. The molecular weight excluding hydrogens is 282 g/mol. The van der Waals surface area contributed by atoms with Crippen LogP contribution in [0, 0.1) is 17.3 Å². The van der Waals surface area contributed by atoms with Crippen molar-refractivity contribution in [3.05, 3.63) is 60.2 Å². The first-order chi connectivity index (χ1) is 11.0. The maximum atomic E-state index is 9.15. The second-order valence-corrected chi connectivity index (χ2v) is 6.55. The summed E-state index contributed by atoms with van der Waals surface area (Å²) >= 11 is 0. The number of fused-ring (bicyclic) bond motifs is 1. The van der Waals surface area contributed by atoms with E-state index in [9.17, 15) is 0 Å². The molecule has 0 unspecified atom stereocenters. The van der Waals surface area contributed by atoms with Crippen LogP contribution in [0.3, 0.4) is 0 Å². The normalized spacial score (nSPS) is 11.9. The lowest BCUT2D eigenvalue weighted by atomic mass is 9.96. The van der Waals surface area contributed by atoms with E-state index in [1.54, 1.807) is 0 Å². The fourth-order valence-corrected chi connectivity index (χ4v) is 2.35. The molecular formula is C21H25NO. The number of benzene rings is 2. The standard InChI is InChI=1S/C21H25NO/c1-21(2,17-23)14-7-4-8-15-22(3)16-19-12-9-11-18-10-5-6-13-20(18)19/h4-6,8-13,23H,15-17H2,1-3H3. The van der Waals surface area contributed by atoms with Gasteiger partial charge < -0.3 is 5.11 Å². The summed E-state index contributed by atoms with van der Waals surface area (Å²) in [6.45, 7) is 5.69. The van der Waals surface area contributed by atoms with Gasteiger partial charge >= 0.3 is 0 Å². The average Bonchev–Trinajstić information content (AvgIpc) is 2.55. The Morgan fingerprint density at radius 2 is 1.87 bits per heavy atom. The van der Waals surface area contributed by atoms with Crippen molar-refractivity contribution in [3.8, 4) is 11.8 Å². The molecule has 2 heteroatoms. The van der Waals surface area contributed by atoms with Gasteiger partial charge in [0.15, 0.2) is 0 Å². The maximum absolute atomic E-state index is 9.15. The van der Waals surface area contributed by atoms with Gasteiger partial charge in [-0.1, -0.05) is 60.4 Å². The van der Waals surface area contributed by atoms with E-state index in [0.717, 1.165) is 13.1 Å². The third-order valence-electron chi connectivity index (χ3n) is 3.74. The van der Waals surface area contributed by atoms with Crippen molar-refractivity contribution >= 4 is 10.8 Å². The van der Waals surface area contributed by atoms with Crippen molar-refractivity contribution in [2.75, 3.05) is 20.2 Å². The van der Waals surface area contributed by atoms with Gasteiger partial charge in [-0.15, -0.1) is 0 Å². The quantitative estimate of drug-likeness (QED) is 0.848. The summed E-state index contributed by atoms with van der Waals surface area (Å²) in [4.78, 5) is 2.26. The largest absolute Gasteiger partial charge is 0.395 e. The van der Waals surface area contributed by atoms with Crippen molar-refractivity contribution in [1.29, 1.82) is 0 Å². The summed E-state index contributed by atoms with van der Waals surface area (Å²) in [6.07, 6.45) is 3.93. The highest BCUT2D eigenvalue weighted by Gasteiger charge is 2.10. The predicted molar refractivity (Wildman–Crippen MR) is 98.1 cm³/mol. The van der Waals surface area contributed by atoms with Gasteiger partial charge in [0.2, 0.25) is 0 Å². The van der Waals surface area contributed by atoms with Gasteiger partial charge in [0.25, 0.3) is 0 Å². The summed E-state index contributed by atoms with van der Waals surface area (Å²) in [6, 6.07) is 14.9. The van der Waals surface area contributed by atoms with E-state index in [4.69, 9.17) is 5.11 Å². The Hall–Kier alpha value is -2.08. The van der Waals surface area contributed by atoms with E-state index in [-0.39, 0.29) is 12.0 Å². The van der Waals surface area contributed by atoms with Crippen molar-refractivity contribution in [2.45, 2.75) is 20.4 Å². The second kappa shape index (κ2) is 7.97. The number of nitrogens with zero attached hydrogens (tertiary/aromatic N) is 1. The predicted octanol–water partition coefficient (Wildman–Crippen LogP) is 3.85. The van der Waals surface area contributed by atoms with Crippen LogP contribution in [0.4, 0.5) is 0 Å². The van der Waals surface area contributed by atoms with Gasteiger partial charge in [-0.25, -0.2) is 0 Å². The molecule has 0 heterocycles. The lowest BCUT2D eigenvalue weighted by Gasteiger charge is -2.16. The zero-order valence-electron chi connectivity index (χ0n) is 14.2. The van der Waals surface area contributed by atoms with Crippen LogP contribution in [-0.2, 0) is 6.54 Å². The molecule has 0 aliphatic heterocycles. The first-order valence-corrected chi connectivity index (χ1v) is 7.95. The summed E-state index contributed by atoms with van der Waals surface area (Å²) in [7, 11) is 2.11. The van der Waals surface area contributed by atoms with E-state index in [1.807, 2.05) is 19.9 Å². The zero-order chi connectivity index (χ0) is 16.7. The number of aliphatic hydroxyl groups is 1. The molecule has 2 nitrogen and oxygen atoms in total. The van der Waals surface area contributed by atoms with Crippen molar-refractivity contribution in [3.63, 3.8) is 0 Å². The van der Waals surface area contributed by atoms with Crippen molar-refractivity contribution < 1.29 is 5.11 Å². The second-order valence-electron chi connectivity index (χ2n) is 6.55. The molecule has 0 spiro atoms. The van der Waals surface area contributed by atoms with Crippen LogP contribution in [0.5, 0.6) is 0 Å². The molecule has 0 saturated heterocycles. The lowest BCUT2D eigenvalue weighted by molar-refractivity contribution is 0.207. The molecule has 2 rings (SSSR count). The van der Waals surface area contributed by atoms with Gasteiger partial charge in [0, 0.05) is 18.5 Å². The molecule has 23 heavy (non-hydrogen) atoms. The molecule has 0 atom stereocenters. The van der Waals surface area contributed by atoms with Crippen LogP contribution in [0.1, 0.15) is 19.4 Å². The van der Waals surface area contributed by atoms with Crippen LogP contribution >= 0.6 is 0 Å². The molecule has 120 valence electrons. The van der Waals surface area contributed by atoms with E-state index in [2.05, 4.69) is 72.3 Å². The minimum Gasteiger partial charge on any atom is -0.395 e. The number of rotatable bonds is 5. The van der Waals surface area contributed by atoms with Crippen LogP contribution < -0.4 is 0 Å². The molecule has 1 N–H and O–H groups in total. The van der Waals surface area contributed by atoms with E-state index < -0.39 is 0 Å². The molecule has 0 aliphatic rings. The molecule has 0 fully saturated rings. The maximum Gasteiger partial charge on any atom is 0.0591 e. The third kappa shape index (κ3) is 5.25. The average molecular weight is 307 g/mol. The molecule has 0 amide bonds. The highest BCUT2D eigenvalue weighted by atomic mass is 16.3. The number of hydrogen-bond donors (Lipinski definition) is 1. The van der Waals surface area contributed by atoms with E-state index in [1.165, 1.54) is 16.3 Å². The monoisotopic (exact) mass is 307 g/mol. The number of likely N-dealkylation sites (N-methyl/N-ethyl adjacent to an activating group) is 1. The molecule has 0 radical (unpaired) electrons. The van der Waals surface area contributed by atoms with Gasteiger partial charge in [-0.3, -0.25) is 4.90 Å². The van der Waals surface area contributed by atoms with Crippen LogP contribution in [0.2, 0.25) is 0 Å². The minimum absolute atomic E-state index is 0.0782. The van der Waals surface area contributed by atoms with Gasteiger partial charge in [-0.2, -0.15) is 0 Å². The molecule has 0 aliphatic carbocycles. The Morgan fingerprint density at radius 3 is 2.65 bits per heavy atom. The van der Waals surface area contributed by atoms with Gasteiger partial charge in [0.05, 0.1) is 6.61 Å². The smallest absolute Gasteiger partial charge is 0.0591 e. The molecule has 0 saturated carbocycles. The van der Waals surface area contributed by atoms with Crippen LogP contribution in [0.15, 0.2) is 54.6 Å². The van der Waals surface area contributed by atoms with Crippen molar-refractivity contribution in [2.24, 2.45) is 5.41 Å². The molecule has 0 aromatic heterocycles. The Morgan fingerprint density at radius 1 is 1.13 bits per heavy atom.